The van der Waals surface area contributed by atoms with E-state index < -0.39 is 25.1 Å². The van der Waals surface area contributed by atoms with Gasteiger partial charge in [-0.2, -0.15) is 0 Å². The lowest BCUT2D eigenvalue weighted by Gasteiger charge is -2.32. The molecule has 20 heavy (non-hydrogen) atoms. The fraction of sp³-hybridized carbons (Fsp3) is 1.00. The Morgan fingerprint density at radius 3 is 2.35 bits per heavy atom. The summed E-state index contributed by atoms with van der Waals surface area (Å²) in [6, 6.07) is 0. The molecule has 0 amide bonds. The summed E-state index contributed by atoms with van der Waals surface area (Å²) in [6.07, 6.45) is 3.08. The van der Waals surface area contributed by atoms with Crippen molar-refractivity contribution < 1.29 is 16.8 Å². The molecule has 0 aromatic carbocycles. The van der Waals surface area contributed by atoms with E-state index in [1.54, 1.807) is 0 Å². The minimum absolute atomic E-state index is 0.00946. The zero-order chi connectivity index (χ0) is 14.8. The maximum absolute atomic E-state index is 12.4. The van der Waals surface area contributed by atoms with Crippen molar-refractivity contribution in [2.45, 2.75) is 30.9 Å². The molecule has 0 aromatic rings. The van der Waals surface area contributed by atoms with Crippen molar-refractivity contribution in [3.05, 3.63) is 0 Å². The third kappa shape index (κ3) is 3.72. The number of rotatable bonds is 5. The Morgan fingerprint density at radius 2 is 1.85 bits per heavy atom. The lowest BCUT2D eigenvalue weighted by atomic mass is 9.95. The van der Waals surface area contributed by atoms with Gasteiger partial charge in [-0.1, -0.05) is 0 Å². The van der Waals surface area contributed by atoms with Crippen LogP contribution < -0.4 is 5.32 Å². The van der Waals surface area contributed by atoms with Crippen molar-refractivity contribution in [3.8, 4) is 0 Å². The smallest absolute Gasteiger partial charge is 0.218 e. The highest BCUT2D eigenvalue weighted by Gasteiger charge is 2.41. The van der Waals surface area contributed by atoms with Crippen molar-refractivity contribution in [1.29, 1.82) is 0 Å². The first kappa shape index (κ1) is 16.2. The van der Waals surface area contributed by atoms with Gasteiger partial charge in [0.05, 0.1) is 16.8 Å². The van der Waals surface area contributed by atoms with Crippen molar-refractivity contribution >= 4 is 19.9 Å². The zero-order valence-corrected chi connectivity index (χ0v) is 13.5. The Hall–Kier alpha value is -0.180. The Bertz CT molecular complexity index is 522. The lowest BCUT2D eigenvalue weighted by molar-refractivity contribution is 0.261. The molecule has 2 rings (SSSR count). The number of sulfonamides is 1. The van der Waals surface area contributed by atoms with E-state index in [1.807, 2.05) is 7.05 Å². The van der Waals surface area contributed by atoms with Crippen LogP contribution >= 0.6 is 0 Å². The van der Waals surface area contributed by atoms with Crippen molar-refractivity contribution in [3.63, 3.8) is 0 Å². The standard InChI is InChI=1S/C12H24N2O4S2/c1-13-6-2-11-3-7-14(8-4-11)20(17,18)12-5-9-19(15,16)10-12/h11-13H,2-10H2,1H3. The van der Waals surface area contributed by atoms with Crippen LogP contribution in [0.2, 0.25) is 0 Å². The summed E-state index contributed by atoms with van der Waals surface area (Å²) in [4.78, 5) is 0. The van der Waals surface area contributed by atoms with E-state index in [9.17, 15) is 16.8 Å². The van der Waals surface area contributed by atoms with Gasteiger partial charge in [-0.15, -0.1) is 0 Å². The molecule has 1 unspecified atom stereocenters. The highest BCUT2D eigenvalue weighted by molar-refractivity contribution is 7.95. The van der Waals surface area contributed by atoms with Crippen molar-refractivity contribution in [2.24, 2.45) is 5.92 Å². The third-order valence-electron chi connectivity index (χ3n) is 4.35. The molecule has 2 fully saturated rings. The molecule has 0 bridgehead atoms. The average Bonchev–Trinajstić information content (AvgIpc) is 2.78. The fourth-order valence-corrected chi connectivity index (χ4v) is 7.57. The maximum Gasteiger partial charge on any atom is 0.218 e. The summed E-state index contributed by atoms with van der Waals surface area (Å²) in [7, 11) is -4.68. The summed E-state index contributed by atoms with van der Waals surface area (Å²) < 4.78 is 49.3. The first-order chi connectivity index (χ1) is 9.35. The minimum Gasteiger partial charge on any atom is -0.320 e. The van der Waals surface area contributed by atoms with Crippen molar-refractivity contribution in [2.75, 3.05) is 38.2 Å². The molecule has 8 heteroatoms. The molecule has 0 aliphatic carbocycles. The van der Waals surface area contributed by atoms with E-state index in [0.29, 0.717) is 19.0 Å². The van der Waals surface area contributed by atoms with Gasteiger partial charge in [-0.3, -0.25) is 0 Å². The normalized spacial score (nSPS) is 28.8. The van der Waals surface area contributed by atoms with Gasteiger partial charge in [-0.25, -0.2) is 21.1 Å². The lowest BCUT2D eigenvalue weighted by Crippen LogP contribution is -2.44. The highest BCUT2D eigenvalue weighted by Crippen LogP contribution is 2.27. The van der Waals surface area contributed by atoms with Gasteiger partial charge in [0, 0.05) is 13.1 Å². The molecular formula is C12H24N2O4S2. The number of hydrogen-bond donors (Lipinski definition) is 1. The van der Waals surface area contributed by atoms with Crippen LogP contribution in [0.3, 0.4) is 0 Å². The number of nitrogens with one attached hydrogen (secondary N) is 1. The van der Waals surface area contributed by atoms with Gasteiger partial charge in [-0.05, 0) is 45.2 Å². The van der Waals surface area contributed by atoms with E-state index in [4.69, 9.17) is 0 Å². The van der Waals surface area contributed by atoms with Crippen molar-refractivity contribution in [1.82, 2.24) is 9.62 Å². The van der Waals surface area contributed by atoms with E-state index in [-0.39, 0.29) is 17.9 Å². The second-order valence-corrected chi connectivity index (χ2v) is 10.2. The Balaban J connectivity index is 1.92. The molecule has 118 valence electrons. The number of nitrogens with zero attached hydrogens (tertiary/aromatic N) is 1. The average molecular weight is 324 g/mol. The predicted molar refractivity (Wildman–Crippen MR) is 78.8 cm³/mol. The Labute approximate surface area is 121 Å². The summed E-state index contributed by atoms with van der Waals surface area (Å²) >= 11 is 0. The largest absolute Gasteiger partial charge is 0.320 e. The van der Waals surface area contributed by atoms with Crippen LogP contribution in [0, 0.1) is 5.92 Å². The van der Waals surface area contributed by atoms with Crippen LogP contribution in [0.5, 0.6) is 0 Å². The second-order valence-electron chi connectivity index (χ2n) is 5.80. The van der Waals surface area contributed by atoms with E-state index in [0.717, 1.165) is 25.8 Å². The highest BCUT2D eigenvalue weighted by atomic mass is 32.2. The Kier molecular flexibility index (Phi) is 5.09. The molecule has 0 spiro atoms. The number of sulfone groups is 1. The first-order valence-corrected chi connectivity index (χ1v) is 10.5. The topological polar surface area (TPSA) is 83.6 Å². The number of piperidine rings is 1. The molecule has 2 saturated heterocycles. The minimum atomic E-state index is -3.44. The summed E-state index contributed by atoms with van der Waals surface area (Å²) in [5.41, 5.74) is 0. The van der Waals surface area contributed by atoms with E-state index in [2.05, 4.69) is 5.32 Å². The van der Waals surface area contributed by atoms with Crippen LogP contribution in [0.1, 0.15) is 25.7 Å². The summed E-state index contributed by atoms with van der Waals surface area (Å²) in [6.45, 7) is 2.03. The zero-order valence-electron chi connectivity index (χ0n) is 11.9. The van der Waals surface area contributed by atoms with Crippen LogP contribution in [0.25, 0.3) is 0 Å². The van der Waals surface area contributed by atoms with Crippen LogP contribution in [-0.2, 0) is 19.9 Å². The second kappa shape index (κ2) is 6.29. The van der Waals surface area contributed by atoms with Gasteiger partial charge in [0.15, 0.2) is 9.84 Å². The van der Waals surface area contributed by atoms with Crippen LogP contribution in [-0.4, -0.2) is 64.6 Å². The van der Waals surface area contributed by atoms with Crippen LogP contribution in [0.4, 0.5) is 0 Å². The molecule has 2 heterocycles. The molecular weight excluding hydrogens is 300 g/mol. The Morgan fingerprint density at radius 1 is 1.20 bits per heavy atom. The van der Waals surface area contributed by atoms with Gasteiger partial charge >= 0.3 is 0 Å². The molecule has 6 nitrogen and oxygen atoms in total. The molecule has 0 radical (unpaired) electrons. The monoisotopic (exact) mass is 324 g/mol. The third-order valence-corrected chi connectivity index (χ3v) is 8.66. The molecule has 2 aliphatic rings. The van der Waals surface area contributed by atoms with Gasteiger partial charge in [0.1, 0.15) is 0 Å². The van der Waals surface area contributed by atoms with Gasteiger partial charge < -0.3 is 5.32 Å². The predicted octanol–water partition coefficient (Wildman–Crippen LogP) is -0.175. The first-order valence-electron chi connectivity index (χ1n) is 7.19. The van der Waals surface area contributed by atoms with Gasteiger partial charge in [0.2, 0.25) is 10.0 Å². The fourth-order valence-electron chi connectivity index (χ4n) is 3.01. The quantitative estimate of drug-likeness (QED) is 0.759. The molecule has 2 aliphatic heterocycles. The number of hydrogen-bond acceptors (Lipinski definition) is 5. The summed E-state index contributed by atoms with van der Waals surface area (Å²) in [5.74, 6) is 0.381. The molecule has 0 saturated carbocycles. The maximum atomic E-state index is 12.4. The van der Waals surface area contributed by atoms with Gasteiger partial charge in [0.25, 0.3) is 0 Å². The molecule has 0 aromatic heterocycles. The molecule has 1 atom stereocenters. The van der Waals surface area contributed by atoms with Crippen LogP contribution in [0.15, 0.2) is 0 Å². The summed E-state index contributed by atoms with van der Waals surface area (Å²) in [5, 5.41) is 2.39. The van der Waals surface area contributed by atoms with E-state index >= 15 is 0 Å². The van der Waals surface area contributed by atoms with E-state index in [1.165, 1.54) is 4.31 Å². The molecule has 1 N–H and O–H groups in total. The SMILES string of the molecule is CNCCC1CCN(S(=O)(=O)C2CCS(=O)(=O)C2)CC1.